The van der Waals surface area contributed by atoms with Crippen LogP contribution in [0.3, 0.4) is 0 Å². The number of aromatic nitrogens is 2. The lowest BCUT2D eigenvalue weighted by Crippen LogP contribution is -2.11. The molecular formula is C16H7BrCl3F3N2O. The van der Waals surface area contributed by atoms with Crippen LogP contribution in [-0.2, 0) is 0 Å². The molecule has 1 N–H and O–H groups in total. The van der Waals surface area contributed by atoms with Gasteiger partial charge >= 0.3 is 0 Å². The molecule has 2 aromatic carbocycles. The number of rotatable bonds is 3. The van der Waals surface area contributed by atoms with E-state index in [-0.39, 0.29) is 36.9 Å². The van der Waals surface area contributed by atoms with Crippen LogP contribution in [0.2, 0.25) is 15.5 Å². The van der Waals surface area contributed by atoms with E-state index >= 15 is 0 Å². The van der Waals surface area contributed by atoms with E-state index in [1.807, 2.05) is 0 Å². The first kappa shape index (κ1) is 19.5. The van der Waals surface area contributed by atoms with Crippen LogP contribution in [-0.4, -0.2) is 14.7 Å². The molecule has 3 aromatic rings. The Labute approximate surface area is 169 Å². The third kappa shape index (κ3) is 3.46. The molecule has 0 saturated carbocycles. The van der Waals surface area contributed by atoms with E-state index < -0.39 is 23.6 Å². The van der Waals surface area contributed by atoms with Crippen molar-refractivity contribution in [3.8, 4) is 5.69 Å². The monoisotopic (exact) mass is 484 g/mol. The Morgan fingerprint density at radius 2 is 1.73 bits per heavy atom. The van der Waals surface area contributed by atoms with Crippen molar-refractivity contribution < 1.29 is 18.3 Å². The summed E-state index contributed by atoms with van der Waals surface area (Å²) in [4.78, 5) is 3.82. The van der Waals surface area contributed by atoms with Crippen molar-refractivity contribution in [1.82, 2.24) is 9.55 Å². The maximum absolute atomic E-state index is 14.4. The highest BCUT2D eigenvalue weighted by atomic mass is 79.9. The summed E-state index contributed by atoms with van der Waals surface area (Å²) in [5, 5.41) is 10.1. The highest BCUT2D eigenvalue weighted by molar-refractivity contribution is 9.10. The average Bonchev–Trinajstić information content (AvgIpc) is 2.80. The summed E-state index contributed by atoms with van der Waals surface area (Å²) in [5.74, 6) is -2.38. The Morgan fingerprint density at radius 3 is 2.35 bits per heavy atom. The molecule has 3 rings (SSSR count). The van der Waals surface area contributed by atoms with E-state index in [9.17, 15) is 18.3 Å². The zero-order valence-electron chi connectivity index (χ0n) is 12.5. The highest BCUT2D eigenvalue weighted by Gasteiger charge is 2.28. The van der Waals surface area contributed by atoms with Crippen LogP contribution in [0.25, 0.3) is 5.69 Å². The fraction of sp³-hybridized carbons (Fsp3) is 0.0625. The maximum Gasteiger partial charge on any atom is 0.209 e. The van der Waals surface area contributed by atoms with Gasteiger partial charge in [0.2, 0.25) is 5.28 Å². The first-order chi connectivity index (χ1) is 12.2. The van der Waals surface area contributed by atoms with Gasteiger partial charge in [0, 0.05) is 21.1 Å². The standard InChI is InChI=1S/C16H7BrCl3F3N2O/c17-9-3-7(22)5-11(23)12(9)25-13(15(19)24-16(25)20)14(26)8-2-1-6(21)4-10(8)18/h1-5,14,26H. The summed E-state index contributed by atoms with van der Waals surface area (Å²) in [7, 11) is 0. The van der Waals surface area contributed by atoms with Gasteiger partial charge in [-0.05, 0) is 45.7 Å². The van der Waals surface area contributed by atoms with Gasteiger partial charge in [0.05, 0.1) is 11.4 Å². The fourth-order valence-corrected chi connectivity index (χ4v) is 3.87. The second kappa shape index (κ2) is 7.40. The molecule has 26 heavy (non-hydrogen) atoms. The van der Waals surface area contributed by atoms with Crippen molar-refractivity contribution in [3.63, 3.8) is 0 Å². The van der Waals surface area contributed by atoms with Gasteiger partial charge in [-0.15, -0.1) is 0 Å². The molecule has 0 amide bonds. The largest absolute Gasteiger partial charge is 0.382 e. The van der Waals surface area contributed by atoms with E-state index in [0.717, 1.165) is 22.8 Å². The molecule has 3 nitrogen and oxygen atoms in total. The number of hydrogen-bond donors (Lipinski definition) is 1. The van der Waals surface area contributed by atoms with Gasteiger partial charge in [0.15, 0.2) is 11.0 Å². The zero-order valence-corrected chi connectivity index (χ0v) is 16.3. The average molecular weight is 487 g/mol. The maximum atomic E-state index is 14.4. The summed E-state index contributed by atoms with van der Waals surface area (Å²) < 4.78 is 42.1. The van der Waals surface area contributed by atoms with Crippen molar-refractivity contribution in [2.45, 2.75) is 6.10 Å². The predicted molar refractivity (Wildman–Crippen MR) is 96.7 cm³/mol. The van der Waals surface area contributed by atoms with E-state index in [2.05, 4.69) is 20.9 Å². The van der Waals surface area contributed by atoms with Crippen molar-refractivity contribution in [2.24, 2.45) is 0 Å². The van der Waals surface area contributed by atoms with Crippen LogP contribution in [0.15, 0.2) is 34.8 Å². The molecule has 1 heterocycles. The van der Waals surface area contributed by atoms with Gasteiger partial charge < -0.3 is 5.11 Å². The number of halogens is 7. The normalized spacial score (nSPS) is 12.5. The molecule has 0 aliphatic rings. The van der Waals surface area contributed by atoms with Gasteiger partial charge in [0.25, 0.3) is 0 Å². The molecule has 0 aliphatic carbocycles. The van der Waals surface area contributed by atoms with Crippen LogP contribution in [0.5, 0.6) is 0 Å². The van der Waals surface area contributed by atoms with Gasteiger partial charge in [-0.25, -0.2) is 18.2 Å². The molecule has 0 saturated heterocycles. The van der Waals surface area contributed by atoms with Gasteiger partial charge in [-0.2, -0.15) is 0 Å². The quantitative estimate of drug-likeness (QED) is 0.486. The number of imidazole rings is 1. The van der Waals surface area contributed by atoms with Crippen LogP contribution in [0, 0.1) is 17.5 Å². The Morgan fingerprint density at radius 1 is 1.04 bits per heavy atom. The lowest BCUT2D eigenvalue weighted by Gasteiger charge is -2.18. The second-order valence-corrected chi connectivity index (χ2v) is 7.14. The Balaban J connectivity index is 2.25. The second-order valence-electron chi connectivity index (χ2n) is 5.18. The molecular weight excluding hydrogens is 479 g/mol. The van der Waals surface area contributed by atoms with Crippen LogP contribution < -0.4 is 0 Å². The molecule has 1 unspecified atom stereocenters. The van der Waals surface area contributed by atoms with Crippen molar-refractivity contribution >= 4 is 50.7 Å². The Kier molecular flexibility index (Phi) is 5.55. The van der Waals surface area contributed by atoms with E-state index in [0.29, 0.717) is 6.07 Å². The Hall–Kier alpha value is -1.25. The fourth-order valence-electron chi connectivity index (χ4n) is 2.45. The molecule has 0 spiro atoms. The van der Waals surface area contributed by atoms with Crippen LogP contribution in [0.4, 0.5) is 13.2 Å². The van der Waals surface area contributed by atoms with E-state index in [1.54, 1.807) is 0 Å². The first-order valence-corrected chi connectivity index (χ1v) is 8.85. The molecule has 1 aromatic heterocycles. The summed E-state index contributed by atoms with van der Waals surface area (Å²) in [6, 6.07) is 5.01. The SMILES string of the molecule is OC(c1ccc(F)cc1Cl)c1c(Cl)nc(Cl)n1-c1c(F)cc(F)cc1Br. The molecule has 136 valence electrons. The minimum Gasteiger partial charge on any atom is -0.382 e. The summed E-state index contributed by atoms with van der Waals surface area (Å²) in [6.45, 7) is 0. The minimum absolute atomic E-state index is 0.0182. The van der Waals surface area contributed by atoms with Gasteiger partial charge in [0.1, 0.15) is 17.7 Å². The van der Waals surface area contributed by atoms with E-state index in [4.69, 9.17) is 34.8 Å². The predicted octanol–water partition coefficient (Wildman–Crippen LogP) is 6.09. The van der Waals surface area contributed by atoms with Gasteiger partial charge in [-0.3, -0.25) is 4.57 Å². The van der Waals surface area contributed by atoms with Crippen LogP contribution >= 0.6 is 50.7 Å². The first-order valence-electron chi connectivity index (χ1n) is 6.92. The lowest BCUT2D eigenvalue weighted by molar-refractivity contribution is 0.213. The minimum atomic E-state index is -1.51. The number of aliphatic hydroxyl groups is 1. The number of aliphatic hydroxyl groups excluding tert-OH is 1. The third-order valence-corrected chi connectivity index (χ3v) is 5.01. The van der Waals surface area contributed by atoms with Crippen molar-refractivity contribution in [3.05, 3.63) is 79.0 Å². The highest BCUT2D eigenvalue weighted by Crippen LogP contribution is 2.38. The molecule has 10 heteroatoms. The number of hydrogen-bond acceptors (Lipinski definition) is 2. The zero-order chi connectivity index (χ0) is 19.2. The molecule has 0 radical (unpaired) electrons. The third-order valence-electron chi connectivity index (χ3n) is 3.55. The summed E-state index contributed by atoms with van der Waals surface area (Å²) in [5.41, 5.74) is -0.217. The topological polar surface area (TPSA) is 38.1 Å². The van der Waals surface area contributed by atoms with Crippen molar-refractivity contribution in [1.29, 1.82) is 0 Å². The lowest BCUT2D eigenvalue weighted by atomic mass is 10.1. The molecule has 1 atom stereocenters. The molecule has 0 bridgehead atoms. The number of benzene rings is 2. The smallest absolute Gasteiger partial charge is 0.209 e. The Bertz CT molecular complexity index is 990. The summed E-state index contributed by atoms with van der Waals surface area (Å²) in [6.07, 6.45) is -1.51. The number of nitrogens with zero attached hydrogens (tertiary/aromatic N) is 2. The summed E-state index contributed by atoms with van der Waals surface area (Å²) >= 11 is 21.1. The molecule has 0 aliphatic heterocycles. The van der Waals surface area contributed by atoms with E-state index in [1.165, 1.54) is 6.07 Å². The van der Waals surface area contributed by atoms with Crippen molar-refractivity contribution in [2.75, 3.05) is 0 Å². The molecule has 0 fully saturated rings. The van der Waals surface area contributed by atoms with Crippen LogP contribution in [0.1, 0.15) is 17.4 Å². The van der Waals surface area contributed by atoms with Gasteiger partial charge in [-0.1, -0.05) is 29.3 Å².